The molecule has 11 nitrogen and oxygen atoms in total. The molecule has 98 heavy (non-hydrogen) atoms. The molecule has 12 aliphatic rings. The summed E-state index contributed by atoms with van der Waals surface area (Å²) in [6.45, 7) is 39.8. The first-order chi connectivity index (χ1) is 46.1. The average molecular weight is 1360 g/mol. The van der Waals surface area contributed by atoms with Gasteiger partial charge in [0.25, 0.3) is 0 Å². The molecule has 2 aromatic rings. The Labute approximate surface area is 594 Å². The van der Waals surface area contributed by atoms with Crippen LogP contribution in [0.2, 0.25) is 0 Å². The van der Waals surface area contributed by atoms with E-state index in [0.29, 0.717) is 93.5 Å². The summed E-state index contributed by atoms with van der Waals surface area (Å²) in [6, 6.07) is 15.4. The van der Waals surface area contributed by atoms with Crippen molar-refractivity contribution in [2.75, 3.05) is 52.7 Å². The van der Waals surface area contributed by atoms with Crippen molar-refractivity contribution in [3.05, 3.63) is 84.0 Å². The van der Waals surface area contributed by atoms with Crippen LogP contribution in [0, 0.1) is 113 Å². The van der Waals surface area contributed by atoms with Gasteiger partial charge in [-0.05, 0) is 341 Å². The molecule has 0 aromatic heterocycles. The van der Waals surface area contributed by atoms with Gasteiger partial charge in [-0.3, -0.25) is 4.79 Å². The second-order valence-corrected chi connectivity index (χ2v) is 37.4. The summed E-state index contributed by atoms with van der Waals surface area (Å²) in [5, 5.41) is 43.3. The molecule has 10 saturated carbocycles. The zero-order valence-corrected chi connectivity index (χ0v) is 62.4. The second kappa shape index (κ2) is 29.4. The Balaban J connectivity index is 0.000000175. The number of rotatable bonds is 16. The SMILES string of the molecule is C.C=C(CO)[C@@H]1CC[C@]2(COC3CCCCO3)CC[C@]3(C)[C@H](CC[C@@H]4[C@@]5(C)CCC(=O)C(C)(C)[C@@H]5CC[C@]43C)[C@@H]12.C=C(CO)[C@@H]1CC[C@]2(COC3CCCCO3)CC[C@]3(C)[C@H](CC[C@@H]4[C@@]5(C)CCC(NCCc6ccc(O)cc6)C(C)(C)[C@@H]5CC[C@]43C)[C@@H]12.NCCc1ccc(O)cc1. The van der Waals surface area contributed by atoms with Crippen LogP contribution in [0.25, 0.3) is 0 Å². The maximum atomic E-state index is 13.1. The van der Waals surface area contributed by atoms with E-state index in [-0.39, 0.29) is 71.1 Å². The van der Waals surface area contributed by atoms with E-state index in [9.17, 15) is 20.1 Å². The van der Waals surface area contributed by atoms with Gasteiger partial charge in [-0.2, -0.15) is 0 Å². The van der Waals surface area contributed by atoms with Crippen molar-refractivity contribution in [1.82, 2.24) is 5.32 Å². The summed E-state index contributed by atoms with van der Waals surface area (Å²) in [7, 11) is 0. The molecule has 7 N–H and O–H groups in total. The fourth-order valence-electron chi connectivity index (χ4n) is 27.4. The minimum atomic E-state index is -0.193. The third-order valence-electron chi connectivity index (χ3n) is 32.9. The van der Waals surface area contributed by atoms with Gasteiger partial charge in [0.2, 0.25) is 0 Å². The van der Waals surface area contributed by atoms with Crippen LogP contribution < -0.4 is 11.1 Å². The lowest BCUT2D eigenvalue weighted by Crippen LogP contribution is -2.67. The Hall–Kier alpha value is -3.13. The van der Waals surface area contributed by atoms with E-state index in [4.69, 9.17) is 29.8 Å². The van der Waals surface area contributed by atoms with Crippen LogP contribution >= 0.6 is 0 Å². The van der Waals surface area contributed by atoms with Crippen LogP contribution in [0.4, 0.5) is 0 Å². The zero-order chi connectivity index (χ0) is 69.2. The molecule has 2 saturated heterocycles. The maximum Gasteiger partial charge on any atom is 0.157 e. The molecule has 0 spiro atoms. The van der Waals surface area contributed by atoms with Crippen LogP contribution in [-0.4, -0.2) is 97.6 Å². The number of aromatic hydroxyl groups is 2. The van der Waals surface area contributed by atoms with Gasteiger partial charge < -0.3 is 50.4 Å². The number of carbonyl (C=O) groups is 1. The van der Waals surface area contributed by atoms with Gasteiger partial charge in [0.15, 0.2) is 12.6 Å². The topological polar surface area (TPSA) is 173 Å². The number of ketones is 1. The standard InChI is InChI=1S/C43H67NO4.C35H56O4.C8H11NO.CH4/c1-29(27-45)32-16-22-43(28-48-37-9-7-8-26-47-37)24-23-41(5)33(38(32)43)14-15-35-40(4)20-18-36(39(2,3)34(40)17-21-42(35,41)6)44-25-19-30-10-12-31(46)13-11-30;1-23(21-36)24-12-17-35(22-39-29-9-7-8-20-38-29)19-18-33(5)25(30(24)35)10-11-27-32(4)15-14-28(37)31(2,3)26(32)13-16-34(27,33)6;9-6-5-7-1-3-8(10)4-2-7;/h10-13,32-38,44-46H,1,7-9,14-28H2,2-6H3;24-27,29-30,36H,1,7-22H2,2-6H3;1-4,10H,5-6,9H2;1H4/t32-,33+,34-,35+,36?,37?,38+,40-,41+,42+,43+;24-,25+,26-,27+,29?,30+,32-,33+,34+,35+;;/m00../s1. The summed E-state index contributed by atoms with van der Waals surface area (Å²) in [5.41, 5.74) is 12.1. The highest BCUT2D eigenvalue weighted by atomic mass is 16.7. The minimum absolute atomic E-state index is 0. The maximum absolute atomic E-state index is 13.1. The average Bonchev–Trinajstić information content (AvgIpc) is 1.05. The van der Waals surface area contributed by atoms with Gasteiger partial charge in [0.1, 0.15) is 17.3 Å². The highest BCUT2D eigenvalue weighted by molar-refractivity contribution is 5.85. The molecule has 0 bridgehead atoms. The van der Waals surface area contributed by atoms with Crippen molar-refractivity contribution in [1.29, 1.82) is 0 Å². The highest BCUT2D eigenvalue weighted by Gasteiger charge is 2.73. The number of carbonyl (C=O) groups excluding carboxylic acids is 1. The van der Waals surface area contributed by atoms with Crippen molar-refractivity contribution in [2.45, 2.75) is 275 Å². The number of phenolic OH excluding ortho intramolecular Hbond substituents is 2. The number of hydrogen-bond acceptors (Lipinski definition) is 11. The van der Waals surface area contributed by atoms with Crippen LogP contribution in [0.3, 0.4) is 0 Å². The van der Waals surface area contributed by atoms with Crippen molar-refractivity contribution in [2.24, 2.45) is 119 Å². The summed E-state index contributed by atoms with van der Waals surface area (Å²) in [5.74, 6) is 6.99. The van der Waals surface area contributed by atoms with Crippen molar-refractivity contribution in [3.63, 3.8) is 0 Å². The molecular formula is C87H138N2O9. The fraction of sp³-hybridized carbons (Fsp3) is 0.805. The van der Waals surface area contributed by atoms with Crippen molar-refractivity contribution >= 4 is 5.78 Å². The molecule has 0 amide bonds. The van der Waals surface area contributed by atoms with E-state index >= 15 is 0 Å². The lowest BCUT2D eigenvalue weighted by molar-refractivity contribution is -0.250. The van der Waals surface area contributed by atoms with Crippen molar-refractivity contribution < 1.29 is 44.2 Å². The predicted molar refractivity (Wildman–Crippen MR) is 396 cm³/mol. The summed E-state index contributed by atoms with van der Waals surface area (Å²) < 4.78 is 25.4. The van der Waals surface area contributed by atoms with E-state index in [1.807, 2.05) is 24.3 Å². The predicted octanol–water partition coefficient (Wildman–Crippen LogP) is 18.3. The first-order valence-corrected chi connectivity index (χ1v) is 39.7. The highest BCUT2D eigenvalue weighted by Crippen LogP contribution is 2.80. The largest absolute Gasteiger partial charge is 0.508 e. The third-order valence-corrected chi connectivity index (χ3v) is 32.9. The van der Waals surface area contributed by atoms with Gasteiger partial charge in [-0.1, -0.05) is 114 Å². The monoisotopic (exact) mass is 1360 g/mol. The van der Waals surface area contributed by atoms with Crippen LogP contribution in [-0.2, 0) is 36.6 Å². The number of aliphatic hydroxyl groups excluding tert-OH is 2. The molecule has 10 aliphatic carbocycles. The van der Waals surface area contributed by atoms with Crippen LogP contribution in [0.5, 0.6) is 11.5 Å². The van der Waals surface area contributed by atoms with E-state index in [0.717, 1.165) is 120 Å². The van der Waals surface area contributed by atoms with Gasteiger partial charge >= 0.3 is 0 Å². The number of fused-ring (bicyclic) bond motifs is 14. The van der Waals surface area contributed by atoms with E-state index in [1.165, 1.54) is 127 Å². The molecule has 21 atom stereocenters. The number of benzene rings is 2. The summed E-state index contributed by atoms with van der Waals surface area (Å²) >= 11 is 0. The zero-order valence-electron chi connectivity index (χ0n) is 62.4. The molecule has 12 fully saturated rings. The minimum Gasteiger partial charge on any atom is -0.508 e. The molecule has 2 aliphatic heterocycles. The van der Waals surface area contributed by atoms with Crippen molar-refractivity contribution in [3.8, 4) is 11.5 Å². The first-order valence-electron chi connectivity index (χ1n) is 39.7. The molecule has 2 aromatic carbocycles. The Morgan fingerprint density at radius 1 is 0.520 bits per heavy atom. The Morgan fingerprint density at radius 3 is 1.43 bits per heavy atom. The normalized spacial score (nSPS) is 43.3. The van der Waals surface area contributed by atoms with Crippen LogP contribution in [0.15, 0.2) is 72.8 Å². The smallest absolute Gasteiger partial charge is 0.157 e. The summed E-state index contributed by atoms with van der Waals surface area (Å²) in [4.78, 5) is 13.1. The van der Waals surface area contributed by atoms with Gasteiger partial charge in [-0.25, -0.2) is 0 Å². The molecule has 3 unspecified atom stereocenters. The van der Waals surface area contributed by atoms with E-state index in [2.05, 4.69) is 99.8 Å². The van der Waals surface area contributed by atoms with Crippen LogP contribution in [0.1, 0.15) is 255 Å². The summed E-state index contributed by atoms with van der Waals surface area (Å²) in [6.07, 6.45) is 33.0. The van der Waals surface area contributed by atoms with E-state index in [1.54, 1.807) is 12.1 Å². The Kier molecular flexibility index (Phi) is 22.8. The lowest BCUT2D eigenvalue weighted by Gasteiger charge is -2.73. The fourth-order valence-corrected chi connectivity index (χ4v) is 27.4. The number of nitrogens with two attached hydrogens (primary N) is 1. The third kappa shape index (κ3) is 13.2. The van der Waals surface area contributed by atoms with Gasteiger partial charge in [0.05, 0.1) is 26.4 Å². The van der Waals surface area contributed by atoms with Gasteiger partial charge in [0, 0.05) is 31.1 Å². The molecule has 14 rings (SSSR count). The Bertz CT molecular complexity index is 3040. The lowest BCUT2D eigenvalue weighted by atomic mass is 9.32. The molecule has 0 radical (unpaired) electrons. The number of ether oxygens (including phenoxy) is 4. The molecule has 2 heterocycles. The molecular weight excluding hydrogens is 1220 g/mol. The molecule has 11 heteroatoms. The van der Waals surface area contributed by atoms with Gasteiger partial charge in [-0.15, -0.1) is 0 Å². The second-order valence-electron chi connectivity index (χ2n) is 37.4. The number of hydrogen-bond donors (Lipinski definition) is 6. The number of aliphatic hydroxyl groups is 2. The van der Waals surface area contributed by atoms with E-state index < -0.39 is 0 Å². The number of phenols is 2. The quantitative estimate of drug-likeness (QED) is 0.0884. The molecule has 550 valence electrons. The first kappa shape index (κ1) is 76.0. The number of nitrogens with one attached hydrogen (secondary N) is 1. The Morgan fingerprint density at radius 2 is 0.980 bits per heavy atom. The number of Topliss-reactive ketones (excluding diaryl/α,β-unsaturated/α-hetero) is 1.